The van der Waals surface area contributed by atoms with E-state index < -0.39 is 21.4 Å². The average Bonchev–Trinajstić information content (AvgIpc) is 3.45. The molecule has 3 rings (SSSR count). The molecule has 4 atom stereocenters. The van der Waals surface area contributed by atoms with Crippen LogP contribution in [0, 0.1) is 0 Å². The van der Waals surface area contributed by atoms with Crippen LogP contribution in [0.1, 0.15) is 56.6 Å². The fourth-order valence-corrected chi connectivity index (χ4v) is 5.13. The Balaban J connectivity index is 1.93. The molecule has 1 aliphatic heterocycles. The summed E-state index contributed by atoms with van der Waals surface area (Å²) in [5.41, 5.74) is 0. The minimum Gasteiger partial charge on any atom is -0.494 e. The van der Waals surface area contributed by atoms with Crippen molar-refractivity contribution in [3.8, 4) is 5.75 Å². The first-order valence-electron chi connectivity index (χ1n) is 11.2. The van der Waals surface area contributed by atoms with Gasteiger partial charge in [-0.25, -0.2) is 18.4 Å². The molecule has 13 nitrogen and oxygen atoms in total. The highest BCUT2D eigenvalue weighted by molar-refractivity contribution is 7.93. The van der Waals surface area contributed by atoms with Gasteiger partial charge >= 0.3 is 0 Å². The first kappa shape index (κ1) is 27.2. The predicted octanol–water partition coefficient (Wildman–Crippen LogP) is 1.67. The summed E-state index contributed by atoms with van der Waals surface area (Å²) in [7, 11) is 1.98. The van der Waals surface area contributed by atoms with Gasteiger partial charge in [0.1, 0.15) is 17.5 Å². The van der Waals surface area contributed by atoms with Crippen molar-refractivity contribution in [1.82, 2.24) is 24.7 Å². The number of sulfonamides is 1. The van der Waals surface area contributed by atoms with Gasteiger partial charge in [0.2, 0.25) is 16.0 Å². The third-order valence-electron chi connectivity index (χ3n) is 5.87. The van der Waals surface area contributed by atoms with Crippen molar-refractivity contribution in [2.45, 2.75) is 56.3 Å². The van der Waals surface area contributed by atoms with E-state index in [1.807, 2.05) is 6.92 Å². The van der Waals surface area contributed by atoms with Gasteiger partial charge in [-0.2, -0.15) is 0 Å². The lowest BCUT2D eigenvalue weighted by atomic mass is 10.2. The van der Waals surface area contributed by atoms with E-state index in [1.54, 1.807) is 18.8 Å². The van der Waals surface area contributed by atoms with Crippen LogP contribution in [0.5, 0.6) is 5.75 Å². The minimum absolute atomic E-state index is 0.0413. The summed E-state index contributed by atoms with van der Waals surface area (Å²) >= 11 is 0. The number of rotatable bonds is 13. The van der Waals surface area contributed by atoms with Crippen LogP contribution in [0.15, 0.2) is 12.4 Å². The summed E-state index contributed by atoms with van der Waals surface area (Å²) < 4.78 is 58.4. The highest BCUT2D eigenvalue weighted by Gasteiger charge is 2.36. The monoisotopic (exact) mass is 514 g/mol. The molecule has 0 unspecified atom stereocenters. The van der Waals surface area contributed by atoms with Crippen LogP contribution in [0.2, 0.25) is 0 Å². The zero-order chi connectivity index (χ0) is 25.6. The molecule has 0 spiro atoms. The molecule has 0 saturated carbocycles. The highest BCUT2D eigenvalue weighted by atomic mass is 32.2. The van der Waals surface area contributed by atoms with Crippen molar-refractivity contribution in [3.05, 3.63) is 24.0 Å². The van der Waals surface area contributed by atoms with Gasteiger partial charge in [0.05, 0.1) is 44.9 Å². The van der Waals surface area contributed by atoms with Gasteiger partial charge in [-0.15, -0.1) is 10.2 Å². The molecule has 1 aliphatic rings. The summed E-state index contributed by atoms with van der Waals surface area (Å²) in [6, 6.07) is -0.384. The molecule has 2 aromatic rings. The van der Waals surface area contributed by atoms with E-state index in [1.165, 1.54) is 33.5 Å². The molecule has 1 saturated heterocycles. The number of nitrogens with zero attached hydrogens (tertiary/aromatic N) is 5. The molecule has 196 valence electrons. The lowest BCUT2D eigenvalue weighted by molar-refractivity contribution is 0.0406. The summed E-state index contributed by atoms with van der Waals surface area (Å²) in [5, 5.41) is 7.38. The summed E-state index contributed by atoms with van der Waals surface area (Å²) in [6.07, 6.45) is 3.33. The minimum atomic E-state index is -4.03. The Bertz CT molecular complexity index is 1040. The number of anilines is 1. The number of hydrogen-bond donors (Lipinski definition) is 1. The third kappa shape index (κ3) is 6.25. The van der Waals surface area contributed by atoms with E-state index in [9.17, 15) is 8.42 Å². The Hall–Kier alpha value is -2.39. The molecule has 0 radical (unpaired) electrons. The first-order chi connectivity index (χ1) is 16.7. The van der Waals surface area contributed by atoms with E-state index in [0.717, 1.165) is 12.8 Å². The van der Waals surface area contributed by atoms with Crippen LogP contribution >= 0.6 is 0 Å². The lowest BCUT2D eigenvalue weighted by Crippen LogP contribution is -2.34. The Morgan fingerprint density at radius 3 is 2.29 bits per heavy atom. The van der Waals surface area contributed by atoms with Gasteiger partial charge in [0.15, 0.2) is 17.4 Å². The fraction of sp³-hybridized carbons (Fsp3) is 0.714. The fourth-order valence-electron chi connectivity index (χ4n) is 4.00. The number of methoxy groups -OCH3 is 4. The zero-order valence-electron chi connectivity index (χ0n) is 20.9. The van der Waals surface area contributed by atoms with Crippen molar-refractivity contribution < 1.29 is 32.1 Å². The molecule has 1 fully saturated rings. The molecular weight excluding hydrogens is 480 g/mol. The van der Waals surface area contributed by atoms with E-state index in [0.29, 0.717) is 11.6 Å². The Morgan fingerprint density at radius 1 is 1.11 bits per heavy atom. The van der Waals surface area contributed by atoms with Crippen LogP contribution < -0.4 is 9.46 Å². The second-order valence-corrected chi connectivity index (χ2v) is 10.4. The number of hydrogen-bond acceptors (Lipinski definition) is 11. The molecule has 3 heterocycles. The molecule has 0 aliphatic carbocycles. The van der Waals surface area contributed by atoms with Crippen LogP contribution in [-0.4, -0.2) is 86.2 Å². The lowest BCUT2D eigenvalue weighted by Gasteiger charge is -2.25. The van der Waals surface area contributed by atoms with E-state index >= 15 is 0 Å². The van der Waals surface area contributed by atoms with Crippen molar-refractivity contribution in [1.29, 1.82) is 0 Å². The second kappa shape index (κ2) is 12.0. The van der Waals surface area contributed by atoms with Crippen molar-refractivity contribution in [2.75, 3.05) is 46.4 Å². The predicted molar refractivity (Wildman–Crippen MR) is 126 cm³/mol. The normalized spacial score (nSPS) is 20.2. The summed E-state index contributed by atoms with van der Waals surface area (Å²) in [4.78, 5) is 8.37. The molecular formula is C21H34N6O7S. The van der Waals surface area contributed by atoms with Crippen LogP contribution in [0.4, 0.5) is 5.95 Å². The first-order valence-corrected chi connectivity index (χ1v) is 12.8. The third-order valence-corrected chi connectivity index (χ3v) is 7.56. The Morgan fingerprint density at radius 2 is 1.77 bits per heavy atom. The quantitative estimate of drug-likeness (QED) is 0.416. The number of nitrogens with one attached hydrogen (secondary N) is 1. The molecule has 14 heteroatoms. The summed E-state index contributed by atoms with van der Waals surface area (Å²) in [6.45, 7) is 4.01. The largest absolute Gasteiger partial charge is 0.494 e. The van der Waals surface area contributed by atoms with E-state index in [-0.39, 0.29) is 43.2 Å². The molecule has 1 N–H and O–H groups in total. The number of aromatic nitrogens is 5. The van der Waals surface area contributed by atoms with Crippen molar-refractivity contribution in [2.24, 2.45) is 0 Å². The molecule has 0 amide bonds. The second-order valence-electron chi connectivity index (χ2n) is 8.32. The maximum absolute atomic E-state index is 13.4. The van der Waals surface area contributed by atoms with Crippen molar-refractivity contribution >= 4 is 16.0 Å². The van der Waals surface area contributed by atoms with Crippen molar-refractivity contribution in [3.63, 3.8) is 0 Å². The Kier molecular flexibility index (Phi) is 9.35. The van der Waals surface area contributed by atoms with Crippen LogP contribution in [0.25, 0.3) is 0 Å². The standard InChI is InChI=1S/C21H34N6O7S/c1-13-7-8-17(34-13)20-24-25-21(27(20)15(11-30-3)12-31-4)26-35(28,29)14(2)18(33-6)19-22-9-16(32-5)10-23-19/h9-10,13-15,17-18H,7-8,11-12H2,1-6H3,(H,25,26)/t13-,14-,17-,18-/m0/s1. The molecule has 2 aromatic heterocycles. The van der Waals surface area contributed by atoms with E-state index in [4.69, 9.17) is 23.7 Å². The smallest absolute Gasteiger partial charge is 0.240 e. The number of ether oxygens (including phenoxy) is 5. The van der Waals surface area contributed by atoms with Gasteiger partial charge in [-0.05, 0) is 26.7 Å². The van der Waals surface area contributed by atoms with Gasteiger partial charge in [0.25, 0.3) is 0 Å². The SMILES string of the molecule is COCC(COC)n1c(NS(=O)(=O)[C@@H](C)[C@H](OC)c2ncc(OC)cn2)nnc1[C@@H]1CC[C@H](C)O1. The van der Waals surface area contributed by atoms with Gasteiger partial charge < -0.3 is 23.7 Å². The van der Waals surface area contributed by atoms with Crippen LogP contribution in [-0.2, 0) is 29.0 Å². The summed E-state index contributed by atoms with van der Waals surface area (Å²) in [5.74, 6) is 1.21. The van der Waals surface area contributed by atoms with Gasteiger partial charge in [-0.1, -0.05) is 0 Å². The van der Waals surface area contributed by atoms with Crippen LogP contribution in [0.3, 0.4) is 0 Å². The highest BCUT2D eigenvalue weighted by Crippen LogP contribution is 2.35. The topological polar surface area (TPSA) is 149 Å². The Labute approximate surface area is 205 Å². The van der Waals surface area contributed by atoms with Gasteiger partial charge in [0, 0.05) is 21.3 Å². The molecule has 0 bridgehead atoms. The zero-order valence-corrected chi connectivity index (χ0v) is 21.7. The maximum atomic E-state index is 13.4. The molecule has 35 heavy (non-hydrogen) atoms. The van der Waals surface area contributed by atoms with Gasteiger partial charge in [-0.3, -0.25) is 9.29 Å². The molecule has 0 aromatic carbocycles. The average molecular weight is 515 g/mol. The van der Waals surface area contributed by atoms with E-state index in [2.05, 4.69) is 24.9 Å². The maximum Gasteiger partial charge on any atom is 0.240 e.